The number of nitrogens with zero attached hydrogens (tertiary/aromatic N) is 8. The lowest BCUT2D eigenvalue weighted by Crippen LogP contribution is -2.38. The van der Waals surface area contributed by atoms with Gasteiger partial charge in [0.2, 0.25) is 0 Å². The number of fused-ring (bicyclic) bond motifs is 1. The Hall–Kier alpha value is -3.10. The Morgan fingerprint density at radius 1 is 0.931 bits per heavy atom. The largest absolute Gasteiger partial charge is 0.361 e. The summed E-state index contributed by atoms with van der Waals surface area (Å²) in [6.45, 7) is 1.33. The predicted molar refractivity (Wildman–Crippen MR) is 107 cm³/mol. The molecule has 1 saturated carbocycles. The molecule has 9 heteroatoms. The van der Waals surface area contributed by atoms with Crippen LogP contribution in [0.15, 0.2) is 24.3 Å². The maximum absolute atomic E-state index is 12.8. The molecule has 2 fully saturated rings. The van der Waals surface area contributed by atoms with Crippen LogP contribution in [0.25, 0.3) is 5.65 Å². The molecule has 0 atom stereocenters. The highest BCUT2D eigenvalue weighted by molar-refractivity contribution is 5.92. The molecule has 5 rings (SSSR count). The van der Waals surface area contributed by atoms with Gasteiger partial charge >= 0.3 is 0 Å². The minimum Gasteiger partial charge on any atom is -0.361 e. The van der Waals surface area contributed by atoms with Crippen molar-refractivity contribution in [3.8, 4) is 0 Å². The van der Waals surface area contributed by atoms with Crippen molar-refractivity contribution in [1.82, 2.24) is 34.9 Å². The van der Waals surface area contributed by atoms with Gasteiger partial charge in [-0.1, -0.05) is 0 Å². The first kappa shape index (κ1) is 18.0. The molecule has 1 amide bonds. The molecule has 0 bridgehead atoms. The zero-order chi connectivity index (χ0) is 20.0. The molecular weight excluding hydrogens is 368 g/mol. The van der Waals surface area contributed by atoms with Crippen molar-refractivity contribution < 1.29 is 4.79 Å². The van der Waals surface area contributed by atoms with Crippen LogP contribution in [0.2, 0.25) is 0 Å². The normalized spacial score (nSPS) is 17.7. The third-order valence-corrected chi connectivity index (χ3v) is 5.78. The second-order valence-corrected chi connectivity index (χ2v) is 8.10. The van der Waals surface area contributed by atoms with Gasteiger partial charge in [0.05, 0.1) is 5.69 Å². The molecule has 1 aliphatic heterocycles. The van der Waals surface area contributed by atoms with Crippen LogP contribution in [0.1, 0.15) is 59.5 Å². The van der Waals surface area contributed by atoms with Gasteiger partial charge in [0.15, 0.2) is 23.0 Å². The zero-order valence-corrected chi connectivity index (χ0v) is 16.7. The smallest absolute Gasteiger partial charge is 0.274 e. The van der Waals surface area contributed by atoms with E-state index in [1.165, 1.54) is 12.8 Å². The van der Waals surface area contributed by atoms with Crippen LogP contribution in [0.5, 0.6) is 0 Å². The molecule has 1 saturated heterocycles. The number of carbonyl (C=O) groups is 1. The lowest BCUT2D eigenvalue weighted by molar-refractivity contribution is 0.0703. The molecule has 9 nitrogen and oxygen atoms in total. The second-order valence-electron chi connectivity index (χ2n) is 8.10. The van der Waals surface area contributed by atoms with E-state index in [9.17, 15) is 4.79 Å². The van der Waals surface area contributed by atoms with Crippen LogP contribution < -0.4 is 4.90 Å². The molecule has 29 heavy (non-hydrogen) atoms. The number of anilines is 1. The van der Waals surface area contributed by atoms with E-state index in [-0.39, 0.29) is 11.8 Å². The number of aromatic nitrogens is 6. The number of amides is 1. The molecule has 0 N–H and O–H groups in total. The van der Waals surface area contributed by atoms with Crippen LogP contribution in [0.4, 0.5) is 5.82 Å². The Bertz CT molecular complexity index is 1030. The minimum absolute atomic E-state index is 0.0681. The van der Waals surface area contributed by atoms with Crippen LogP contribution in [-0.2, 0) is 0 Å². The molecule has 0 radical (unpaired) electrons. The summed E-state index contributed by atoms with van der Waals surface area (Å²) in [7, 11) is 3.79. The summed E-state index contributed by atoms with van der Waals surface area (Å²) in [5.41, 5.74) is 2.31. The van der Waals surface area contributed by atoms with E-state index in [1.54, 1.807) is 6.07 Å². The third kappa shape index (κ3) is 3.41. The number of piperidine rings is 1. The maximum atomic E-state index is 12.8. The minimum atomic E-state index is -0.0681. The molecule has 0 spiro atoms. The number of hydrogen-bond acceptors (Lipinski definition) is 7. The molecule has 3 aromatic rings. The van der Waals surface area contributed by atoms with Gasteiger partial charge in [-0.3, -0.25) is 4.79 Å². The molecule has 2 aliphatic rings. The zero-order valence-electron chi connectivity index (χ0n) is 16.7. The average Bonchev–Trinajstić information content (AvgIpc) is 3.52. The fourth-order valence-electron chi connectivity index (χ4n) is 3.85. The van der Waals surface area contributed by atoms with Crippen molar-refractivity contribution in [2.75, 3.05) is 32.1 Å². The van der Waals surface area contributed by atoms with Crippen LogP contribution >= 0.6 is 0 Å². The van der Waals surface area contributed by atoms with E-state index in [0.717, 1.165) is 35.8 Å². The predicted octanol–water partition coefficient (Wildman–Crippen LogP) is 1.88. The average molecular weight is 392 g/mol. The summed E-state index contributed by atoms with van der Waals surface area (Å²) >= 11 is 0. The summed E-state index contributed by atoms with van der Waals surface area (Å²) < 4.78 is 1.90. The third-order valence-electron chi connectivity index (χ3n) is 5.78. The monoisotopic (exact) mass is 392 g/mol. The van der Waals surface area contributed by atoms with E-state index >= 15 is 0 Å². The van der Waals surface area contributed by atoms with Crippen molar-refractivity contribution in [2.45, 2.75) is 37.5 Å². The first-order valence-corrected chi connectivity index (χ1v) is 10.1. The lowest BCUT2D eigenvalue weighted by atomic mass is 9.96. The summed E-state index contributed by atoms with van der Waals surface area (Å²) in [4.78, 5) is 16.5. The van der Waals surface area contributed by atoms with Crippen LogP contribution in [0.3, 0.4) is 0 Å². The van der Waals surface area contributed by atoms with Crippen molar-refractivity contribution >= 4 is 17.4 Å². The molecule has 1 aliphatic carbocycles. The van der Waals surface area contributed by atoms with Gasteiger partial charge < -0.3 is 9.80 Å². The molecule has 3 aromatic heterocycles. The second kappa shape index (κ2) is 7.06. The molecule has 0 aromatic carbocycles. The van der Waals surface area contributed by atoms with Crippen molar-refractivity contribution in [1.29, 1.82) is 0 Å². The first-order chi connectivity index (χ1) is 14.1. The van der Waals surface area contributed by atoms with Crippen LogP contribution in [0, 0.1) is 0 Å². The molecule has 4 heterocycles. The number of hydrogen-bond donors (Lipinski definition) is 0. The molecular formula is C20H24N8O. The fourth-order valence-corrected chi connectivity index (χ4v) is 3.85. The van der Waals surface area contributed by atoms with Gasteiger partial charge in [-0.15, -0.1) is 20.4 Å². The Labute approximate surface area is 168 Å². The van der Waals surface area contributed by atoms with Gasteiger partial charge in [-0.05, 0) is 49.9 Å². The Morgan fingerprint density at radius 2 is 1.72 bits per heavy atom. The quantitative estimate of drug-likeness (QED) is 0.669. The van der Waals surface area contributed by atoms with E-state index in [0.29, 0.717) is 24.7 Å². The first-order valence-electron chi connectivity index (χ1n) is 10.1. The highest BCUT2D eigenvalue weighted by atomic mass is 16.2. The van der Waals surface area contributed by atoms with Gasteiger partial charge in [0, 0.05) is 39.0 Å². The highest BCUT2D eigenvalue weighted by Crippen LogP contribution is 2.39. The standard InChI is InChI=1S/C20H24N8O/c1-26(2)17-7-6-16(21-22-17)20(29)27-11-9-14(10-12-27)19-24-23-18-8-5-15(13-3-4-13)25-28(18)19/h5-8,13-14H,3-4,9-12H2,1-2H3. The van der Waals surface area contributed by atoms with Gasteiger partial charge in [0.1, 0.15) is 0 Å². The number of rotatable bonds is 4. The SMILES string of the molecule is CN(C)c1ccc(C(=O)N2CCC(c3nnc4ccc(C5CC5)nn34)CC2)nn1. The highest BCUT2D eigenvalue weighted by Gasteiger charge is 2.30. The van der Waals surface area contributed by atoms with E-state index < -0.39 is 0 Å². The fraction of sp³-hybridized carbons (Fsp3) is 0.500. The van der Waals surface area contributed by atoms with Crippen molar-refractivity contribution in [3.63, 3.8) is 0 Å². The van der Waals surface area contributed by atoms with Gasteiger partial charge in [0.25, 0.3) is 5.91 Å². The summed E-state index contributed by atoms with van der Waals surface area (Å²) in [5, 5.41) is 21.7. The van der Waals surface area contributed by atoms with Crippen molar-refractivity contribution in [2.24, 2.45) is 0 Å². The topological polar surface area (TPSA) is 92.4 Å². The van der Waals surface area contributed by atoms with E-state index in [2.05, 4.69) is 26.5 Å². The summed E-state index contributed by atoms with van der Waals surface area (Å²) in [6.07, 6.45) is 4.11. The molecule has 150 valence electrons. The van der Waals surface area contributed by atoms with E-state index in [4.69, 9.17) is 5.10 Å². The van der Waals surface area contributed by atoms with E-state index in [1.807, 2.05) is 40.5 Å². The van der Waals surface area contributed by atoms with Gasteiger partial charge in [-0.25, -0.2) is 0 Å². The van der Waals surface area contributed by atoms with Crippen molar-refractivity contribution in [3.05, 3.63) is 41.5 Å². The summed E-state index contributed by atoms with van der Waals surface area (Å²) in [5.74, 6) is 2.41. The Morgan fingerprint density at radius 3 is 2.38 bits per heavy atom. The summed E-state index contributed by atoms with van der Waals surface area (Å²) in [6, 6.07) is 7.63. The number of carbonyl (C=O) groups excluding carboxylic acids is 1. The number of likely N-dealkylation sites (tertiary alicyclic amines) is 1. The van der Waals surface area contributed by atoms with Crippen LogP contribution in [-0.4, -0.2) is 68.0 Å². The lowest BCUT2D eigenvalue weighted by Gasteiger charge is -2.30. The molecule has 0 unspecified atom stereocenters. The maximum Gasteiger partial charge on any atom is 0.274 e. The Kier molecular flexibility index (Phi) is 4.37. The Balaban J connectivity index is 1.28. The van der Waals surface area contributed by atoms with Gasteiger partial charge in [-0.2, -0.15) is 9.61 Å².